The van der Waals surface area contributed by atoms with Crippen LogP contribution in [-0.4, -0.2) is 42.5 Å². The Morgan fingerprint density at radius 2 is 2.11 bits per heavy atom. The first kappa shape index (κ1) is 16.4. The Bertz CT molecular complexity index is 279. The quantitative estimate of drug-likeness (QED) is 0.738. The lowest BCUT2D eigenvalue weighted by molar-refractivity contribution is -0.121. The first-order valence-corrected chi connectivity index (χ1v) is 7.73. The average Bonchev–Trinajstić information content (AvgIpc) is 2.35. The van der Waals surface area contributed by atoms with Gasteiger partial charge in [-0.05, 0) is 51.1 Å². The lowest BCUT2D eigenvalue weighted by Gasteiger charge is -2.37. The smallest absolute Gasteiger partial charge is 0.234 e. The first-order chi connectivity index (χ1) is 8.95. The number of nitrogens with one attached hydrogen (secondary N) is 1. The zero-order valence-electron chi connectivity index (χ0n) is 13.0. The van der Waals surface area contributed by atoms with Crippen molar-refractivity contribution in [1.29, 1.82) is 0 Å². The van der Waals surface area contributed by atoms with Crippen molar-refractivity contribution in [3.05, 3.63) is 0 Å². The maximum Gasteiger partial charge on any atom is 0.234 e. The van der Waals surface area contributed by atoms with E-state index in [-0.39, 0.29) is 17.9 Å². The van der Waals surface area contributed by atoms with Crippen molar-refractivity contribution in [1.82, 2.24) is 10.2 Å². The van der Waals surface area contributed by atoms with Crippen LogP contribution in [0, 0.1) is 11.8 Å². The normalized spacial score (nSPS) is 24.4. The summed E-state index contributed by atoms with van der Waals surface area (Å²) in [7, 11) is 0. The van der Waals surface area contributed by atoms with Crippen LogP contribution in [0.1, 0.15) is 47.0 Å². The van der Waals surface area contributed by atoms with Gasteiger partial charge < -0.3 is 16.0 Å². The molecular formula is C15H31N3O. The predicted molar refractivity (Wildman–Crippen MR) is 79.9 cm³/mol. The second kappa shape index (κ2) is 7.85. The van der Waals surface area contributed by atoms with Gasteiger partial charge in [-0.1, -0.05) is 20.8 Å². The third kappa shape index (κ3) is 5.11. The molecule has 3 N–H and O–H groups in total. The fraction of sp³-hybridized carbons (Fsp3) is 0.933. The summed E-state index contributed by atoms with van der Waals surface area (Å²) in [5, 5.41) is 3.45. The second-order valence-corrected chi connectivity index (χ2v) is 6.28. The van der Waals surface area contributed by atoms with Crippen LogP contribution in [0.15, 0.2) is 0 Å². The summed E-state index contributed by atoms with van der Waals surface area (Å²) < 4.78 is 0. The third-order valence-electron chi connectivity index (χ3n) is 4.20. The van der Waals surface area contributed by atoms with E-state index in [1.54, 1.807) is 0 Å². The van der Waals surface area contributed by atoms with Crippen LogP contribution in [0.4, 0.5) is 0 Å². The third-order valence-corrected chi connectivity index (χ3v) is 4.20. The largest absolute Gasteiger partial charge is 0.368 e. The van der Waals surface area contributed by atoms with Crippen molar-refractivity contribution in [3.8, 4) is 0 Å². The lowest BCUT2D eigenvalue weighted by Crippen LogP contribution is -2.53. The van der Waals surface area contributed by atoms with Crippen LogP contribution in [-0.2, 0) is 4.79 Å². The van der Waals surface area contributed by atoms with E-state index in [1.165, 1.54) is 32.4 Å². The monoisotopic (exact) mass is 269 g/mol. The number of piperidine rings is 1. The molecule has 1 aliphatic heterocycles. The van der Waals surface area contributed by atoms with Gasteiger partial charge in [0, 0.05) is 12.6 Å². The number of nitrogens with zero attached hydrogens (tertiary/aromatic N) is 1. The number of amides is 1. The van der Waals surface area contributed by atoms with E-state index in [1.807, 2.05) is 13.8 Å². The molecule has 3 unspecified atom stereocenters. The molecule has 0 aromatic carbocycles. The summed E-state index contributed by atoms with van der Waals surface area (Å²) in [6, 6.07) is 0.135. The van der Waals surface area contributed by atoms with Gasteiger partial charge in [-0.2, -0.15) is 0 Å². The van der Waals surface area contributed by atoms with E-state index >= 15 is 0 Å². The molecule has 19 heavy (non-hydrogen) atoms. The number of likely N-dealkylation sites (tertiary alicyclic amines) is 1. The highest BCUT2D eigenvalue weighted by Gasteiger charge is 2.28. The molecule has 0 aliphatic carbocycles. The van der Waals surface area contributed by atoms with Crippen molar-refractivity contribution in [2.45, 2.75) is 59.0 Å². The molecule has 0 spiro atoms. The minimum absolute atomic E-state index is 0.212. The first-order valence-electron chi connectivity index (χ1n) is 7.73. The maximum atomic E-state index is 11.5. The second-order valence-electron chi connectivity index (χ2n) is 6.28. The van der Waals surface area contributed by atoms with Crippen molar-refractivity contribution in [2.75, 3.05) is 19.6 Å². The highest BCUT2D eigenvalue weighted by Crippen LogP contribution is 2.20. The molecule has 1 saturated heterocycles. The molecule has 1 heterocycles. The highest BCUT2D eigenvalue weighted by molar-refractivity contribution is 5.80. The minimum Gasteiger partial charge on any atom is -0.368 e. The summed E-state index contributed by atoms with van der Waals surface area (Å²) in [6.07, 6.45) is 3.72. The number of hydrogen-bond donors (Lipinski definition) is 2. The van der Waals surface area contributed by atoms with Gasteiger partial charge in [-0.3, -0.25) is 4.79 Å². The Morgan fingerprint density at radius 1 is 1.42 bits per heavy atom. The molecule has 0 bridgehead atoms. The van der Waals surface area contributed by atoms with E-state index in [2.05, 4.69) is 24.1 Å². The number of primary amides is 1. The van der Waals surface area contributed by atoms with E-state index in [0.29, 0.717) is 12.0 Å². The molecule has 1 fully saturated rings. The predicted octanol–water partition coefficient (Wildman–Crippen LogP) is 1.60. The summed E-state index contributed by atoms with van der Waals surface area (Å²) in [4.78, 5) is 14.0. The van der Waals surface area contributed by atoms with Gasteiger partial charge in [-0.25, -0.2) is 0 Å². The molecule has 3 atom stereocenters. The fourth-order valence-corrected chi connectivity index (χ4v) is 3.04. The lowest BCUT2D eigenvalue weighted by atomic mass is 9.90. The highest BCUT2D eigenvalue weighted by atomic mass is 16.1. The van der Waals surface area contributed by atoms with Crippen LogP contribution in [0.3, 0.4) is 0 Å². The summed E-state index contributed by atoms with van der Waals surface area (Å²) in [5.74, 6) is 0.638. The average molecular weight is 269 g/mol. The zero-order valence-corrected chi connectivity index (χ0v) is 13.0. The Kier molecular flexibility index (Phi) is 6.80. The Labute approximate surface area is 118 Å². The van der Waals surface area contributed by atoms with Crippen molar-refractivity contribution in [3.63, 3.8) is 0 Å². The van der Waals surface area contributed by atoms with Gasteiger partial charge in [0.2, 0.25) is 5.91 Å². The summed E-state index contributed by atoms with van der Waals surface area (Å²) in [6.45, 7) is 12.1. The number of carbonyl (C=O) groups excluding carboxylic acids is 1. The Balaban J connectivity index is 2.51. The molecule has 4 heteroatoms. The number of carbonyl (C=O) groups is 1. The topological polar surface area (TPSA) is 58.4 Å². The molecule has 0 radical (unpaired) electrons. The van der Waals surface area contributed by atoms with Gasteiger partial charge in [0.1, 0.15) is 0 Å². The standard InChI is InChI=1S/C15H31N3O/c1-5-8-18-9-6-7-13(10-18)12(4)17-14(11(2)3)15(16)19/h11-14,17H,5-10H2,1-4H3,(H2,16,19). The van der Waals surface area contributed by atoms with Crippen molar-refractivity contribution >= 4 is 5.91 Å². The molecule has 1 amide bonds. The van der Waals surface area contributed by atoms with Gasteiger partial charge in [0.25, 0.3) is 0 Å². The molecule has 112 valence electrons. The van der Waals surface area contributed by atoms with Gasteiger partial charge >= 0.3 is 0 Å². The van der Waals surface area contributed by atoms with E-state index in [0.717, 1.165) is 6.54 Å². The summed E-state index contributed by atoms with van der Waals surface area (Å²) in [5.41, 5.74) is 5.48. The molecule has 0 saturated carbocycles. The van der Waals surface area contributed by atoms with E-state index < -0.39 is 0 Å². The van der Waals surface area contributed by atoms with Crippen LogP contribution in [0.5, 0.6) is 0 Å². The molecular weight excluding hydrogens is 238 g/mol. The fourth-order valence-electron chi connectivity index (χ4n) is 3.04. The number of rotatable bonds is 7. The van der Waals surface area contributed by atoms with E-state index in [9.17, 15) is 4.79 Å². The molecule has 1 aliphatic rings. The van der Waals surface area contributed by atoms with Crippen LogP contribution >= 0.6 is 0 Å². The van der Waals surface area contributed by atoms with Gasteiger partial charge in [0.05, 0.1) is 6.04 Å². The minimum atomic E-state index is -0.233. The van der Waals surface area contributed by atoms with Crippen LogP contribution < -0.4 is 11.1 Å². The van der Waals surface area contributed by atoms with Crippen molar-refractivity contribution < 1.29 is 4.79 Å². The SMILES string of the molecule is CCCN1CCCC(C(C)NC(C(N)=O)C(C)C)C1. The van der Waals surface area contributed by atoms with E-state index in [4.69, 9.17) is 5.73 Å². The number of hydrogen-bond acceptors (Lipinski definition) is 3. The van der Waals surface area contributed by atoms with Gasteiger partial charge in [-0.15, -0.1) is 0 Å². The summed E-state index contributed by atoms with van der Waals surface area (Å²) >= 11 is 0. The van der Waals surface area contributed by atoms with Crippen LogP contribution in [0.2, 0.25) is 0 Å². The van der Waals surface area contributed by atoms with Gasteiger partial charge in [0.15, 0.2) is 0 Å². The maximum absolute atomic E-state index is 11.5. The molecule has 1 rings (SSSR count). The Morgan fingerprint density at radius 3 is 2.63 bits per heavy atom. The van der Waals surface area contributed by atoms with Crippen LogP contribution in [0.25, 0.3) is 0 Å². The number of nitrogens with two attached hydrogens (primary N) is 1. The molecule has 0 aromatic heterocycles. The molecule has 4 nitrogen and oxygen atoms in total. The Hall–Kier alpha value is -0.610. The molecule has 0 aromatic rings. The van der Waals surface area contributed by atoms with Crippen molar-refractivity contribution in [2.24, 2.45) is 17.6 Å². The zero-order chi connectivity index (χ0) is 14.4.